The van der Waals surface area contributed by atoms with E-state index in [1.807, 2.05) is 54.9 Å². The molecule has 0 aliphatic rings. The lowest BCUT2D eigenvalue weighted by molar-refractivity contribution is 0.614. The molecular formula is C16H13N5O. The molecule has 0 atom stereocenters. The van der Waals surface area contributed by atoms with Gasteiger partial charge in [-0.25, -0.2) is 9.67 Å². The van der Waals surface area contributed by atoms with Crippen LogP contribution in [0.1, 0.15) is 5.56 Å². The molecule has 22 heavy (non-hydrogen) atoms. The lowest BCUT2D eigenvalue weighted by Crippen LogP contribution is -2.02. The van der Waals surface area contributed by atoms with E-state index in [4.69, 9.17) is 4.42 Å². The van der Waals surface area contributed by atoms with Crippen LogP contribution in [0.25, 0.3) is 16.9 Å². The quantitative estimate of drug-likeness (QED) is 0.626. The van der Waals surface area contributed by atoms with Crippen molar-refractivity contribution >= 4 is 17.1 Å². The summed E-state index contributed by atoms with van der Waals surface area (Å²) in [6, 6.07) is 14.0. The second kappa shape index (κ2) is 5.33. The van der Waals surface area contributed by atoms with Crippen molar-refractivity contribution in [3.05, 3.63) is 66.6 Å². The minimum absolute atomic E-state index is 0.511. The Morgan fingerprint density at radius 1 is 1.09 bits per heavy atom. The highest BCUT2D eigenvalue weighted by Crippen LogP contribution is 2.18. The van der Waals surface area contributed by atoms with Crippen LogP contribution >= 0.6 is 0 Å². The van der Waals surface area contributed by atoms with Gasteiger partial charge in [-0.1, -0.05) is 18.2 Å². The van der Waals surface area contributed by atoms with Gasteiger partial charge in [-0.2, -0.15) is 10.1 Å². The summed E-state index contributed by atoms with van der Waals surface area (Å²) in [7, 11) is 0. The van der Waals surface area contributed by atoms with E-state index in [1.54, 1.807) is 10.9 Å². The molecule has 0 saturated heterocycles. The van der Waals surface area contributed by atoms with E-state index in [1.165, 1.54) is 0 Å². The highest BCUT2D eigenvalue weighted by molar-refractivity contribution is 5.74. The number of aromatic nitrogens is 4. The van der Waals surface area contributed by atoms with Gasteiger partial charge >= 0.3 is 0 Å². The van der Waals surface area contributed by atoms with E-state index >= 15 is 0 Å². The van der Waals surface area contributed by atoms with Crippen molar-refractivity contribution in [1.82, 2.24) is 19.7 Å². The number of benzene rings is 1. The van der Waals surface area contributed by atoms with Crippen LogP contribution in [0.15, 0.2) is 65.5 Å². The van der Waals surface area contributed by atoms with Crippen LogP contribution in [0.3, 0.4) is 0 Å². The molecular weight excluding hydrogens is 278 g/mol. The minimum Gasteiger partial charge on any atom is -0.424 e. The third kappa shape index (κ3) is 2.42. The molecule has 108 valence electrons. The molecule has 6 heteroatoms. The van der Waals surface area contributed by atoms with Gasteiger partial charge in [0, 0.05) is 25.1 Å². The number of pyridine rings is 1. The highest BCUT2D eigenvalue weighted by Gasteiger charge is 2.04. The number of hydrogen-bond acceptors (Lipinski definition) is 5. The Balaban J connectivity index is 1.47. The fourth-order valence-corrected chi connectivity index (χ4v) is 2.19. The molecule has 6 nitrogen and oxygen atoms in total. The summed E-state index contributed by atoms with van der Waals surface area (Å²) in [5.74, 6) is 0.788. The number of fused-ring (bicyclic) bond motifs is 1. The lowest BCUT2D eigenvalue weighted by Gasteiger charge is -2.04. The number of anilines is 1. The first-order chi connectivity index (χ1) is 10.9. The summed E-state index contributed by atoms with van der Waals surface area (Å²) in [6.07, 6.45) is 5.40. The Bertz CT molecular complexity index is 847. The minimum atomic E-state index is 0.511. The molecule has 0 fully saturated rings. The van der Waals surface area contributed by atoms with Gasteiger partial charge < -0.3 is 9.73 Å². The van der Waals surface area contributed by atoms with Crippen molar-refractivity contribution in [2.75, 3.05) is 5.32 Å². The maximum Gasteiger partial charge on any atom is 0.295 e. The smallest absolute Gasteiger partial charge is 0.295 e. The molecule has 4 aromatic rings. The van der Waals surface area contributed by atoms with Gasteiger partial charge in [-0.05, 0) is 29.8 Å². The van der Waals surface area contributed by atoms with Crippen LogP contribution in [0, 0.1) is 0 Å². The second-order valence-corrected chi connectivity index (χ2v) is 4.82. The highest BCUT2D eigenvalue weighted by atomic mass is 16.4. The lowest BCUT2D eigenvalue weighted by atomic mass is 10.3. The number of rotatable bonds is 4. The van der Waals surface area contributed by atoms with E-state index < -0.39 is 0 Å². The number of nitrogens with one attached hydrogen (secondary N) is 1. The van der Waals surface area contributed by atoms with Crippen LogP contribution in [-0.2, 0) is 6.54 Å². The van der Waals surface area contributed by atoms with E-state index in [9.17, 15) is 0 Å². The van der Waals surface area contributed by atoms with Crippen molar-refractivity contribution in [3.8, 4) is 5.82 Å². The number of hydrogen-bond donors (Lipinski definition) is 1. The van der Waals surface area contributed by atoms with Crippen LogP contribution in [0.5, 0.6) is 0 Å². The van der Waals surface area contributed by atoms with E-state index in [-0.39, 0.29) is 0 Å². The summed E-state index contributed by atoms with van der Waals surface area (Å²) in [5, 5.41) is 7.31. The Kier molecular flexibility index (Phi) is 3.05. The standard InChI is InChI=1S/C16H13N5O/c1-2-5-14-13(4-1)20-16(22-14)18-11-12-6-7-15(17-10-12)21-9-3-8-19-21/h1-10H,11H2,(H,18,20). The Labute approximate surface area is 126 Å². The maximum atomic E-state index is 5.62. The number of oxazole rings is 1. The maximum absolute atomic E-state index is 5.62. The zero-order chi connectivity index (χ0) is 14.8. The van der Waals surface area contributed by atoms with Crippen molar-refractivity contribution < 1.29 is 4.42 Å². The zero-order valence-corrected chi connectivity index (χ0v) is 11.7. The Morgan fingerprint density at radius 2 is 2.05 bits per heavy atom. The number of para-hydroxylation sites is 2. The predicted octanol–water partition coefficient (Wildman–Crippen LogP) is 3.02. The normalized spacial score (nSPS) is 10.9. The monoisotopic (exact) mass is 291 g/mol. The van der Waals surface area contributed by atoms with Gasteiger partial charge in [0.25, 0.3) is 6.01 Å². The van der Waals surface area contributed by atoms with Gasteiger partial charge in [0.15, 0.2) is 11.4 Å². The fraction of sp³-hybridized carbons (Fsp3) is 0.0625. The summed E-state index contributed by atoms with van der Waals surface area (Å²) in [4.78, 5) is 8.76. The first-order valence-electron chi connectivity index (χ1n) is 6.93. The van der Waals surface area contributed by atoms with Gasteiger partial charge in [-0.3, -0.25) is 0 Å². The van der Waals surface area contributed by atoms with E-state index in [2.05, 4.69) is 20.4 Å². The van der Waals surface area contributed by atoms with Crippen molar-refractivity contribution in [3.63, 3.8) is 0 Å². The van der Waals surface area contributed by atoms with Crippen molar-refractivity contribution in [2.24, 2.45) is 0 Å². The molecule has 0 aliphatic heterocycles. The van der Waals surface area contributed by atoms with Crippen molar-refractivity contribution in [1.29, 1.82) is 0 Å². The first kappa shape index (κ1) is 12.6. The Hall–Kier alpha value is -3.15. The largest absolute Gasteiger partial charge is 0.424 e. The van der Waals surface area contributed by atoms with Crippen LogP contribution in [0.4, 0.5) is 6.01 Å². The van der Waals surface area contributed by atoms with Crippen LogP contribution in [0.2, 0.25) is 0 Å². The van der Waals surface area contributed by atoms with Gasteiger partial charge in [0.2, 0.25) is 0 Å². The zero-order valence-electron chi connectivity index (χ0n) is 11.7. The molecule has 4 rings (SSSR count). The van der Waals surface area contributed by atoms with Gasteiger partial charge in [0.1, 0.15) is 5.52 Å². The van der Waals surface area contributed by atoms with Crippen LogP contribution < -0.4 is 5.32 Å². The summed E-state index contributed by atoms with van der Waals surface area (Å²) < 4.78 is 7.34. The molecule has 1 N–H and O–H groups in total. The summed E-state index contributed by atoms with van der Waals surface area (Å²) in [5.41, 5.74) is 2.66. The third-order valence-electron chi connectivity index (χ3n) is 3.29. The SMILES string of the molecule is c1ccc2oc(NCc3ccc(-n4cccn4)nc3)nc2c1. The van der Waals surface area contributed by atoms with Crippen LogP contribution in [-0.4, -0.2) is 19.7 Å². The van der Waals surface area contributed by atoms with E-state index in [0.717, 1.165) is 22.5 Å². The first-order valence-corrected chi connectivity index (χ1v) is 6.93. The summed E-state index contributed by atoms with van der Waals surface area (Å²) in [6.45, 7) is 0.596. The molecule has 0 aliphatic carbocycles. The topological polar surface area (TPSA) is 68.8 Å². The fourth-order valence-electron chi connectivity index (χ4n) is 2.19. The Morgan fingerprint density at radius 3 is 2.82 bits per heavy atom. The average molecular weight is 291 g/mol. The molecule has 0 amide bonds. The molecule has 3 aromatic heterocycles. The summed E-state index contributed by atoms with van der Waals surface area (Å²) >= 11 is 0. The molecule has 0 spiro atoms. The molecule has 3 heterocycles. The molecule has 0 bridgehead atoms. The van der Waals surface area contributed by atoms with Gasteiger partial charge in [-0.15, -0.1) is 0 Å². The van der Waals surface area contributed by atoms with E-state index in [0.29, 0.717) is 12.6 Å². The average Bonchev–Trinajstić information content (AvgIpc) is 3.22. The van der Waals surface area contributed by atoms with Crippen molar-refractivity contribution in [2.45, 2.75) is 6.54 Å². The molecule has 0 unspecified atom stereocenters. The second-order valence-electron chi connectivity index (χ2n) is 4.82. The molecule has 0 saturated carbocycles. The van der Waals surface area contributed by atoms with Gasteiger partial charge in [0.05, 0.1) is 0 Å². The molecule has 0 radical (unpaired) electrons. The molecule has 1 aromatic carbocycles. The number of nitrogens with zero attached hydrogens (tertiary/aromatic N) is 4. The predicted molar refractivity (Wildman–Crippen MR) is 82.7 cm³/mol. The third-order valence-corrected chi connectivity index (χ3v) is 3.29.